The monoisotopic (exact) mass is 551 g/mol. The number of carbonyl (C=O) groups excluding carboxylic acids is 1. The molecule has 0 amide bonds. The Morgan fingerprint density at radius 1 is 0.474 bits per heavy atom. The van der Waals surface area contributed by atoms with Gasteiger partial charge in [0.2, 0.25) is 0 Å². The number of rotatable bonds is 32. The molecule has 0 atom stereocenters. The van der Waals surface area contributed by atoms with Crippen molar-refractivity contribution >= 4 is 5.78 Å². The van der Waals surface area contributed by atoms with E-state index in [0.717, 1.165) is 25.8 Å². The third kappa shape index (κ3) is 31.5. The molecule has 0 heterocycles. The van der Waals surface area contributed by atoms with Gasteiger partial charge in [0, 0.05) is 31.5 Å². The van der Waals surface area contributed by atoms with E-state index >= 15 is 0 Å². The first-order chi connectivity index (χ1) is 18.5. The summed E-state index contributed by atoms with van der Waals surface area (Å²) in [5.41, 5.74) is 0. The van der Waals surface area contributed by atoms with Crippen LogP contribution < -0.4 is 5.32 Å². The van der Waals surface area contributed by atoms with E-state index in [0.29, 0.717) is 124 Å². The molecule has 10 heteroatoms. The van der Waals surface area contributed by atoms with Gasteiger partial charge in [0.05, 0.1) is 99.1 Å². The Morgan fingerprint density at radius 3 is 1.16 bits per heavy atom. The van der Waals surface area contributed by atoms with E-state index in [1.165, 1.54) is 0 Å². The highest BCUT2D eigenvalue weighted by atomic mass is 16.6. The van der Waals surface area contributed by atoms with E-state index in [4.69, 9.17) is 37.9 Å². The summed E-state index contributed by atoms with van der Waals surface area (Å²) in [6.07, 6.45) is 3.64. The Labute approximate surface area is 231 Å². The van der Waals surface area contributed by atoms with Crippen molar-refractivity contribution in [3.8, 4) is 0 Å². The number of Topliss-reactive ketones (excluding diaryl/α,β-unsaturated/α-hetero) is 1. The highest BCUT2D eigenvalue weighted by molar-refractivity contribution is 5.80. The quantitative estimate of drug-likeness (QED) is 0.126. The predicted octanol–water partition coefficient (Wildman–Crippen LogP) is 2.90. The van der Waals surface area contributed by atoms with Crippen molar-refractivity contribution in [1.82, 2.24) is 5.32 Å². The number of ketones is 1. The summed E-state index contributed by atoms with van der Waals surface area (Å²) in [4.78, 5) is 11.5. The molecule has 0 bridgehead atoms. The zero-order valence-electron chi connectivity index (χ0n) is 24.7. The Morgan fingerprint density at radius 2 is 0.816 bits per heavy atom. The lowest BCUT2D eigenvalue weighted by Gasteiger charge is -2.09. The SMILES string of the molecule is CC(C)NCCOCCOCCOCCOCCOCCOCCOCCOCCCCCC(=O)C(C)C. The topological polar surface area (TPSA) is 103 Å². The van der Waals surface area contributed by atoms with Gasteiger partial charge >= 0.3 is 0 Å². The largest absolute Gasteiger partial charge is 0.379 e. The maximum absolute atomic E-state index is 11.5. The van der Waals surface area contributed by atoms with Gasteiger partial charge in [-0.25, -0.2) is 0 Å². The van der Waals surface area contributed by atoms with Crippen LogP contribution in [0.4, 0.5) is 0 Å². The van der Waals surface area contributed by atoms with Crippen molar-refractivity contribution in [1.29, 1.82) is 0 Å². The average Bonchev–Trinajstić information content (AvgIpc) is 2.89. The van der Waals surface area contributed by atoms with E-state index in [-0.39, 0.29) is 5.92 Å². The minimum atomic E-state index is 0.145. The summed E-state index contributed by atoms with van der Waals surface area (Å²) in [5.74, 6) is 0.493. The van der Waals surface area contributed by atoms with E-state index in [9.17, 15) is 4.79 Å². The molecular weight excluding hydrogens is 494 g/mol. The van der Waals surface area contributed by atoms with Crippen molar-refractivity contribution in [2.24, 2.45) is 5.92 Å². The lowest BCUT2D eigenvalue weighted by atomic mass is 10.0. The van der Waals surface area contributed by atoms with Crippen molar-refractivity contribution in [2.45, 2.75) is 59.4 Å². The maximum atomic E-state index is 11.5. The van der Waals surface area contributed by atoms with Crippen LogP contribution in [-0.2, 0) is 42.7 Å². The molecule has 0 unspecified atom stereocenters. The molecule has 0 radical (unpaired) electrons. The first kappa shape index (κ1) is 37.3. The summed E-state index contributed by atoms with van der Waals surface area (Å²) < 4.78 is 43.8. The molecule has 0 saturated carbocycles. The first-order valence-corrected chi connectivity index (χ1v) is 14.4. The van der Waals surface area contributed by atoms with Gasteiger partial charge in [-0.1, -0.05) is 34.1 Å². The summed E-state index contributed by atoms with van der Waals surface area (Å²) >= 11 is 0. The fourth-order valence-electron chi connectivity index (χ4n) is 3.03. The molecule has 228 valence electrons. The van der Waals surface area contributed by atoms with Gasteiger partial charge in [-0.2, -0.15) is 0 Å². The molecule has 0 fully saturated rings. The Balaban J connectivity index is 3.06. The van der Waals surface area contributed by atoms with Gasteiger partial charge in [-0.05, 0) is 12.8 Å². The minimum Gasteiger partial charge on any atom is -0.379 e. The Bertz CT molecular complexity index is 481. The van der Waals surface area contributed by atoms with E-state index in [1.807, 2.05) is 13.8 Å². The normalized spacial score (nSPS) is 11.7. The Kier molecular flexibility index (Phi) is 30.3. The summed E-state index contributed by atoms with van der Waals surface area (Å²) in [5, 5.41) is 3.30. The second kappa shape index (κ2) is 30.8. The number of carbonyl (C=O) groups is 1. The van der Waals surface area contributed by atoms with Crippen LogP contribution in [0.15, 0.2) is 0 Å². The standard InChI is InChI=1S/C28H57NO9/c1-26(2)28(30)8-6-5-7-10-31-12-14-33-16-18-35-20-22-37-24-25-38-23-21-36-19-17-34-15-13-32-11-9-29-27(3)4/h26-27,29H,5-25H2,1-4H3. The highest BCUT2D eigenvalue weighted by Gasteiger charge is 2.05. The van der Waals surface area contributed by atoms with Crippen LogP contribution >= 0.6 is 0 Å². The zero-order chi connectivity index (χ0) is 27.9. The number of ether oxygens (including phenoxy) is 8. The first-order valence-electron chi connectivity index (χ1n) is 14.4. The number of hydrogen-bond donors (Lipinski definition) is 1. The summed E-state index contributed by atoms with van der Waals surface area (Å²) in [6.45, 7) is 18.1. The number of nitrogens with one attached hydrogen (secondary N) is 1. The van der Waals surface area contributed by atoms with Gasteiger partial charge in [0.15, 0.2) is 0 Å². The van der Waals surface area contributed by atoms with E-state index < -0.39 is 0 Å². The zero-order valence-corrected chi connectivity index (χ0v) is 24.7. The molecular formula is C28H57NO9. The molecule has 0 rings (SSSR count). The van der Waals surface area contributed by atoms with Crippen LogP contribution in [0.2, 0.25) is 0 Å². The van der Waals surface area contributed by atoms with Crippen molar-refractivity contribution in [3.05, 3.63) is 0 Å². The maximum Gasteiger partial charge on any atom is 0.135 e. The van der Waals surface area contributed by atoms with Crippen LogP contribution in [0.5, 0.6) is 0 Å². The Hall–Kier alpha value is -0.690. The average molecular weight is 552 g/mol. The lowest BCUT2D eigenvalue weighted by molar-refractivity contribution is -0.122. The molecule has 0 aliphatic heterocycles. The molecule has 0 aromatic carbocycles. The van der Waals surface area contributed by atoms with Crippen LogP contribution in [0.1, 0.15) is 53.4 Å². The van der Waals surface area contributed by atoms with Gasteiger partial charge < -0.3 is 43.2 Å². The molecule has 0 aromatic rings. The van der Waals surface area contributed by atoms with Crippen LogP contribution in [0.25, 0.3) is 0 Å². The van der Waals surface area contributed by atoms with Gasteiger partial charge in [-0.15, -0.1) is 0 Å². The third-order valence-electron chi connectivity index (χ3n) is 5.26. The molecule has 0 aromatic heterocycles. The van der Waals surface area contributed by atoms with E-state index in [1.54, 1.807) is 0 Å². The van der Waals surface area contributed by atoms with Crippen molar-refractivity contribution < 1.29 is 42.7 Å². The summed E-state index contributed by atoms with van der Waals surface area (Å²) in [7, 11) is 0. The summed E-state index contributed by atoms with van der Waals surface area (Å²) in [6, 6.07) is 0.484. The third-order valence-corrected chi connectivity index (χ3v) is 5.26. The van der Waals surface area contributed by atoms with Gasteiger partial charge in [-0.3, -0.25) is 4.79 Å². The fourth-order valence-corrected chi connectivity index (χ4v) is 3.03. The minimum absolute atomic E-state index is 0.145. The lowest BCUT2D eigenvalue weighted by Crippen LogP contribution is -2.27. The molecule has 0 aliphatic rings. The van der Waals surface area contributed by atoms with Gasteiger partial charge in [0.25, 0.3) is 0 Å². The molecule has 0 aliphatic carbocycles. The van der Waals surface area contributed by atoms with Crippen LogP contribution in [0.3, 0.4) is 0 Å². The fraction of sp³-hybridized carbons (Fsp3) is 0.964. The molecule has 1 N–H and O–H groups in total. The highest BCUT2D eigenvalue weighted by Crippen LogP contribution is 2.06. The second-order valence-electron chi connectivity index (χ2n) is 9.44. The molecule has 10 nitrogen and oxygen atoms in total. The number of hydrogen-bond acceptors (Lipinski definition) is 10. The number of unbranched alkanes of at least 4 members (excludes halogenated alkanes) is 2. The van der Waals surface area contributed by atoms with E-state index in [2.05, 4.69) is 19.2 Å². The van der Waals surface area contributed by atoms with Crippen molar-refractivity contribution in [3.63, 3.8) is 0 Å². The smallest absolute Gasteiger partial charge is 0.135 e. The van der Waals surface area contributed by atoms with Crippen LogP contribution in [0, 0.1) is 5.92 Å². The molecule has 0 saturated heterocycles. The van der Waals surface area contributed by atoms with Crippen molar-refractivity contribution in [2.75, 3.05) is 112 Å². The molecule has 0 spiro atoms. The predicted molar refractivity (Wildman–Crippen MR) is 148 cm³/mol. The molecule has 38 heavy (non-hydrogen) atoms. The second-order valence-corrected chi connectivity index (χ2v) is 9.44. The van der Waals surface area contributed by atoms with Gasteiger partial charge in [0.1, 0.15) is 5.78 Å². The van der Waals surface area contributed by atoms with Crippen LogP contribution in [-0.4, -0.2) is 124 Å².